The average Bonchev–Trinajstić information content (AvgIpc) is 3.06. The molecule has 1 aromatic carbocycles. The zero-order chi connectivity index (χ0) is 17.5. The lowest BCUT2D eigenvalue weighted by Crippen LogP contribution is -2.49. The number of nitrogens with zero attached hydrogens (tertiary/aromatic N) is 1. The molecule has 132 valence electrons. The number of rotatable bonds is 7. The summed E-state index contributed by atoms with van der Waals surface area (Å²) in [5.74, 6) is -0.0788. The van der Waals surface area contributed by atoms with Gasteiger partial charge in [-0.3, -0.25) is 9.59 Å². The maximum atomic E-state index is 12.6. The van der Waals surface area contributed by atoms with Crippen molar-refractivity contribution in [3.63, 3.8) is 0 Å². The lowest BCUT2D eigenvalue weighted by molar-refractivity contribution is -0.140. The Balaban J connectivity index is 2.10. The van der Waals surface area contributed by atoms with E-state index in [4.69, 9.17) is 11.6 Å². The van der Waals surface area contributed by atoms with E-state index in [0.29, 0.717) is 18.0 Å². The van der Waals surface area contributed by atoms with Crippen molar-refractivity contribution < 1.29 is 9.59 Å². The van der Waals surface area contributed by atoms with E-state index in [-0.39, 0.29) is 17.9 Å². The van der Waals surface area contributed by atoms with E-state index in [1.807, 2.05) is 31.2 Å². The molecule has 1 N–H and O–H groups in total. The van der Waals surface area contributed by atoms with Gasteiger partial charge in [-0.25, -0.2) is 0 Å². The molecule has 4 nitrogen and oxygen atoms in total. The topological polar surface area (TPSA) is 49.4 Å². The van der Waals surface area contributed by atoms with Gasteiger partial charge >= 0.3 is 0 Å². The van der Waals surface area contributed by atoms with Crippen LogP contribution in [0.4, 0.5) is 0 Å². The van der Waals surface area contributed by atoms with Gasteiger partial charge in [0.25, 0.3) is 0 Å². The van der Waals surface area contributed by atoms with Crippen molar-refractivity contribution in [3.05, 3.63) is 34.9 Å². The molecule has 0 aromatic heterocycles. The Labute approximate surface area is 149 Å². The molecule has 1 aliphatic rings. The first-order chi connectivity index (χ1) is 11.5. The van der Waals surface area contributed by atoms with Crippen LogP contribution < -0.4 is 5.32 Å². The minimum absolute atomic E-state index is 0.00788. The van der Waals surface area contributed by atoms with E-state index in [9.17, 15) is 9.59 Å². The molecular formula is C19H27ClN2O2. The summed E-state index contributed by atoms with van der Waals surface area (Å²) in [4.78, 5) is 26.8. The van der Waals surface area contributed by atoms with Crippen molar-refractivity contribution in [2.24, 2.45) is 0 Å². The number of benzene rings is 1. The monoisotopic (exact) mass is 350 g/mol. The van der Waals surface area contributed by atoms with Crippen LogP contribution in [0, 0.1) is 0 Å². The van der Waals surface area contributed by atoms with Gasteiger partial charge < -0.3 is 10.2 Å². The molecule has 2 amide bonds. The van der Waals surface area contributed by atoms with Gasteiger partial charge in [0.05, 0.1) is 0 Å². The SMILES string of the molecule is CCCC(=O)N(Cc1ccccc1Cl)C(C)C(=O)NC1CCCC1. The molecule has 5 heteroatoms. The summed E-state index contributed by atoms with van der Waals surface area (Å²) in [5, 5.41) is 3.71. The van der Waals surface area contributed by atoms with Gasteiger partial charge in [-0.2, -0.15) is 0 Å². The fourth-order valence-electron chi connectivity index (χ4n) is 3.14. The molecule has 1 aromatic rings. The molecule has 0 saturated heterocycles. The fraction of sp³-hybridized carbons (Fsp3) is 0.579. The molecule has 0 bridgehead atoms. The Hall–Kier alpha value is -1.55. The van der Waals surface area contributed by atoms with Crippen LogP contribution in [0.15, 0.2) is 24.3 Å². The summed E-state index contributed by atoms with van der Waals surface area (Å²) in [5.41, 5.74) is 0.865. The second-order valence-electron chi connectivity index (χ2n) is 6.53. The number of carbonyl (C=O) groups excluding carboxylic acids is 2. The largest absolute Gasteiger partial charge is 0.352 e. The summed E-state index contributed by atoms with van der Waals surface area (Å²) < 4.78 is 0. The Morgan fingerprint density at radius 1 is 1.29 bits per heavy atom. The molecule has 0 aliphatic heterocycles. The lowest BCUT2D eigenvalue weighted by atomic mass is 10.1. The van der Waals surface area contributed by atoms with Crippen LogP contribution in [0.25, 0.3) is 0 Å². The van der Waals surface area contributed by atoms with Crippen molar-refractivity contribution in [1.82, 2.24) is 10.2 Å². The second-order valence-corrected chi connectivity index (χ2v) is 6.94. The zero-order valence-electron chi connectivity index (χ0n) is 14.6. The summed E-state index contributed by atoms with van der Waals surface area (Å²) in [6.45, 7) is 4.13. The van der Waals surface area contributed by atoms with Crippen LogP contribution >= 0.6 is 11.6 Å². The number of amides is 2. The average molecular weight is 351 g/mol. The summed E-state index contributed by atoms with van der Waals surface area (Å²) >= 11 is 6.23. The summed E-state index contributed by atoms with van der Waals surface area (Å²) in [7, 11) is 0. The highest BCUT2D eigenvalue weighted by molar-refractivity contribution is 6.31. The molecule has 1 unspecified atom stereocenters. The summed E-state index contributed by atoms with van der Waals surface area (Å²) in [6.07, 6.45) is 5.59. The van der Waals surface area contributed by atoms with Crippen LogP contribution in [0.3, 0.4) is 0 Å². The third-order valence-corrected chi connectivity index (χ3v) is 5.00. The van der Waals surface area contributed by atoms with Gasteiger partial charge in [-0.1, -0.05) is 49.6 Å². The number of halogens is 1. The number of hydrogen-bond donors (Lipinski definition) is 1. The first-order valence-electron chi connectivity index (χ1n) is 8.86. The third-order valence-electron chi connectivity index (χ3n) is 4.63. The Morgan fingerprint density at radius 2 is 1.96 bits per heavy atom. The highest BCUT2D eigenvalue weighted by atomic mass is 35.5. The molecule has 1 saturated carbocycles. The quantitative estimate of drug-likeness (QED) is 0.810. The van der Waals surface area contributed by atoms with Crippen molar-refractivity contribution in [2.75, 3.05) is 0 Å². The van der Waals surface area contributed by atoms with Crippen LogP contribution in [-0.4, -0.2) is 28.8 Å². The number of hydrogen-bond acceptors (Lipinski definition) is 2. The molecule has 0 spiro atoms. The highest BCUT2D eigenvalue weighted by Crippen LogP contribution is 2.21. The standard InChI is InChI=1S/C19H27ClN2O2/c1-3-8-18(23)22(13-15-9-4-7-12-17(15)20)14(2)19(24)21-16-10-5-6-11-16/h4,7,9,12,14,16H,3,5-6,8,10-11,13H2,1-2H3,(H,21,24). The first kappa shape index (κ1) is 18.8. The molecule has 24 heavy (non-hydrogen) atoms. The lowest BCUT2D eigenvalue weighted by Gasteiger charge is -2.30. The summed E-state index contributed by atoms with van der Waals surface area (Å²) in [6, 6.07) is 7.22. The molecule has 0 heterocycles. The second kappa shape index (κ2) is 9.07. The van der Waals surface area contributed by atoms with Crippen molar-refractivity contribution >= 4 is 23.4 Å². The predicted octanol–water partition coefficient (Wildman–Crippen LogP) is 3.92. The minimum Gasteiger partial charge on any atom is -0.352 e. The van der Waals surface area contributed by atoms with Crippen LogP contribution in [0.1, 0.15) is 57.9 Å². The van der Waals surface area contributed by atoms with Crippen LogP contribution in [0.2, 0.25) is 5.02 Å². The Bertz CT molecular complexity index is 570. The zero-order valence-corrected chi connectivity index (χ0v) is 15.3. The molecule has 1 fully saturated rings. The van der Waals surface area contributed by atoms with Gasteiger partial charge in [-0.15, -0.1) is 0 Å². The number of nitrogens with one attached hydrogen (secondary N) is 1. The van der Waals surface area contributed by atoms with Crippen molar-refractivity contribution in [3.8, 4) is 0 Å². The van der Waals surface area contributed by atoms with E-state index in [1.54, 1.807) is 11.8 Å². The van der Waals surface area contributed by atoms with Crippen molar-refractivity contribution in [1.29, 1.82) is 0 Å². The Morgan fingerprint density at radius 3 is 2.58 bits per heavy atom. The first-order valence-corrected chi connectivity index (χ1v) is 9.24. The van der Waals surface area contributed by atoms with Crippen LogP contribution in [-0.2, 0) is 16.1 Å². The molecule has 0 radical (unpaired) electrons. The maximum Gasteiger partial charge on any atom is 0.242 e. The molecule has 1 atom stereocenters. The van der Waals surface area contributed by atoms with Gasteiger partial charge in [0.15, 0.2) is 0 Å². The van der Waals surface area contributed by atoms with Gasteiger partial charge in [0.2, 0.25) is 11.8 Å². The molecule has 2 rings (SSSR count). The van der Waals surface area contributed by atoms with E-state index in [1.165, 1.54) is 0 Å². The predicted molar refractivity (Wildman–Crippen MR) is 96.8 cm³/mol. The highest BCUT2D eigenvalue weighted by Gasteiger charge is 2.28. The molecule has 1 aliphatic carbocycles. The number of carbonyl (C=O) groups is 2. The smallest absolute Gasteiger partial charge is 0.242 e. The van der Waals surface area contributed by atoms with Gasteiger partial charge in [0, 0.05) is 24.0 Å². The fourth-order valence-corrected chi connectivity index (χ4v) is 3.34. The minimum atomic E-state index is -0.499. The maximum absolute atomic E-state index is 12.6. The molecular weight excluding hydrogens is 324 g/mol. The van der Waals surface area contributed by atoms with E-state index in [2.05, 4.69) is 5.32 Å². The van der Waals surface area contributed by atoms with E-state index >= 15 is 0 Å². The Kier molecular flexibility index (Phi) is 7.10. The third kappa shape index (κ3) is 4.97. The normalized spacial score (nSPS) is 16.0. The van der Waals surface area contributed by atoms with Crippen LogP contribution in [0.5, 0.6) is 0 Å². The van der Waals surface area contributed by atoms with Gasteiger partial charge in [-0.05, 0) is 37.8 Å². The van der Waals surface area contributed by atoms with Crippen molar-refractivity contribution in [2.45, 2.75) is 71.0 Å². The van der Waals surface area contributed by atoms with E-state index in [0.717, 1.165) is 37.7 Å². The van der Waals surface area contributed by atoms with Gasteiger partial charge in [0.1, 0.15) is 6.04 Å². The van der Waals surface area contributed by atoms with E-state index < -0.39 is 6.04 Å².